The van der Waals surface area contributed by atoms with Gasteiger partial charge in [-0.2, -0.15) is 0 Å². The maximum absolute atomic E-state index is 12.9. The minimum Gasteiger partial charge on any atom is -0.481 e. The van der Waals surface area contributed by atoms with E-state index >= 15 is 0 Å². The second kappa shape index (κ2) is 7.04. The van der Waals surface area contributed by atoms with Gasteiger partial charge in [0.1, 0.15) is 11.5 Å². The fourth-order valence-electron chi connectivity index (χ4n) is 2.84. The second-order valence-corrected chi connectivity index (χ2v) is 6.06. The molecule has 2 fully saturated rings. The molecule has 1 aromatic rings. The minimum atomic E-state index is -0.906. The van der Waals surface area contributed by atoms with Gasteiger partial charge in [0.05, 0.1) is 6.42 Å². The Kier molecular flexibility index (Phi) is 4.85. The Balaban J connectivity index is 1.77. The number of carboxylic acids is 1. The fourth-order valence-corrected chi connectivity index (χ4v) is 2.84. The zero-order valence-electron chi connectivity index (χ0n) is 13.0. The van der Waals surface area contributed by atoms with Crippen LogP contribution in [-0.4, -0.2) is 57.7 Å². The summed E-state index contributed by atoms with van der Waals surface area (Å²) >= 11 is 0. The maximum atomic E-state index is 12.9. The first-order valence-corrected chi connectivity index (χ1v) is 8.08. The van der Waals surface area contributed by atoms with E-state index in [9.17, 15) is 9.59 Å². The summed E-state index contributed by atoms with van der Waals surface area (Å²) < 4.78 is 5.34. The van der Waals surface area contributed by atoms with E-state index in [-0.39, 0.29) is 24.9 Å². The number of hydrogen-bond donors (Lipinski definition) is 1. The SMILES string of the molecule is O=C(O)CCN(C(=O)c1ccnc(C2CC2)n1)C1CCOCC1. The van der Waals surface area contributed by atoms with Crippen LogP contribution in [0.3, 0.4) is 0 Å². The van der Waals surface area contributed by atoms with Crippen LogP contribution in [0.1, 0.15) is 54.3 Å². The van der Waals surface area contributed by atoms with Gasteiger partial charge in [-0.15, -0.1) is 0 Å². The Hall–Kier alpha value is -2.02. The zero-order valence-corrected chi connectivity index (χ0v) is 13.0. The average Bonchev–Trinajstić information content (AvgIpc) is 3.41. The smallest absolute Gasteiger partial charge is 0.305 e. The molecule has 0 unspecified atom stereocenters. The number of aromatic nitrogens is 2. The largest absolute Gasteiger partial charge is 0.481 e. The van der Waals surface area contributed by atoms with Gasteiger partial charge in [0.15, 0.2) is 0 Å². The molecule has 1 aliphatic carbocycles. The normalized spacial score (nSPS) is 18.6. The van der Waals surface area contributed by atoms with Crippen LogP contribution >= 0.6 is 0 Å². The van der Waals surface area contributed by atoms with Gasteiger partial charge in [0.25, 0.3) is 5.91 Å². The molecule has 1 aliphatic heterocycles. The highest BCUT2D eigenvalue weighted by atomic mass is 16.5. The molecule has 0 bridgehead atoms. The van der Waals surface area contributed by atoms with Gasteiger partial charge in [-0.1, -0.05) is 0 Å². The molecule has 1 aromatic heterocycles. The number of carboxylic acid groups (broad SMARTS) is 1. The molecule has 2 aliphatic rings. The molecule has 1 saturated carbocycles. The van der Waals surface area contributed by atoms with Crippen molar-refractivity contribution >= 4 is 11.9 Å². The number of aliphatic carboxylic acids is 1. The number of hydrogen-bond acceptors (Lipinski definition) is 5. The Morgan fingerprint density at radius 2 is 2.00 bits per heavy atom. The Morgan fingerprint density at radius 3 is 2.65 bits per heavy atom. The second-order valence-electron chi connectivity index (χ2n) is 6.06. The third kappa shape index (κ3) is 4.04. The topological polar surface area (TPSA) is 92.6 Å². The van der Waals surface area contributed by atoms with Crippen LogP contribution in [0.15, 0.2) is 12.3 Å². The number of ether oxygens (including phenoxy) is 1. The number of amides is 1. The van der Waals surface area contributed by atoms with Crippen LogP contribution in [0.5, 0.6) is 0 Å². The first kappa shape index (κ1) is 15.9. The van der Waals surface area contributed by atoms with Crippen LogP contribution in [0.25, 0.3) is 0 Å². The molecule has 23 heavy (non-hydrogen) atoms. The van der Waals surface area contributed by atoms with E-state index in [1.165, 1.54) is 0 Å². The standard InChI is InChI=1S/C16H21N3O4/c20-14(21)4-8-19(12-5-9-23-10-6-12)16(22)13-3-7-17-15(18-13)11-1-2-11/h3,7,11-12H,1-2,4-6,8-10H2,(H,20,21). The molecule has 1 N–H and O–H groups in total. The number of nitrogens with zero attached hydrogens (tertiary/aromatic N) is 3. The predicted octanol–water partition coefficient (Wildman–Crippen LogP) is 1.45. The first-order chi connectivity index (χ1) is 11.1. The summed E-state index contributed by atoms with van der Waals surface area (Å²) in [6, 6.07) is 1.62. The Bertz CT molecular complexity index is 582. The van der Waals surface area contributed by atoms with E-state index < -0.39 is 5.97 Å². The van der Waals surface area contributed by atoms with Crippen LogP contribution in [0.2, 0.25) is 0 Å². The number of carbonyl (C=O) groups excluding carboxylic acids is 1. The van der Waals surface area contributed by atoms with Crippen LogP contribution in [0, 0.1) is 0 Å². The molecule has 1 amide bonds. The van der Waals surface area contributed by atoms with Crippen molar-refractivity contribution in [2.75, 3.05) is 19.8 Å². The van der Waals surface area contributed by atoms with E-state index in [0.717, 1.165) is 31.5 Å². The van der Waals surface area contributed by atoms with E-state index in [1.807, 2.05) is 0 Å². The molecule has 0 radical (unpaired) electrons. The highest BCUT2D eigenvalue weighted by Gasteiger charge is 2.30. The highest BCUT2D eigenvalue weighted by Crippen LogP contribution is 2.37. The van der Waals surface area contributed by atoms with Gasteiger partial charge in [-0.3, -0.25) is 9.59 Å². The number of carbonyl (C=O) groups is 2. The quantitative estimate of drug-likeness (QED) is 0.853. The van der Waals surface area contributed by atoms with Gasteiger partial charge >= 0.3 is 5.97 Å². The number of rotatable bonds is 6. The van der Waals surface area contributed by atoms with E-state index in [2.05, 4.69) is 9.97 Å². The van der Waals surface area contributed by atoms with Crippen LogP contribution in [0.4, 0.5) is 0 Å². The monoisotopic (exact) mass is 319 g/mol. The van der Waals surface area contributed by atoms with Gasteiger partial charge in [0, 0.05) is 37.9 Å². The molecule has 1 saturated heterocycles. The van der Waals surface area contributed by atoms with Crippen molar-refractivity contribution < 1.29 is 19.4 Å². The highest BCUT2D eigenvalue weighted by molar-refractivity contribution is 5.92. The Morgan fingerprint density at radius 1 is 1.26 bits per heavy atom. The van der Waals surface area contributed by atoms with Crippen LogP contribution < -0.4 is 0 Å². The molecule has 7 nitrogen and oxygen atoms in total. The minimum absolute atomic E-state index is 0.00920. The van der Waals surface area contributed by atoms with Crippen molar-refractivity contribution in [2.45, 2.75) is 44.1 Å². The van der Waals surface area contributed by atoms with Crippen molar-refractivity contribution in [1.82, 2.24) is 14.9 Å². The summed E-state index contributed by atoms with van der Waals surface area (Å²) in [6.07, 6.45) is 5.15. The summed E-state index contributed by atoms with van der Waals surface area (Å²) in [7, 11) is 0. The lowest BCUT2D eigenvalue weighted by atomic mass is 10.1. The predicted molar refractivity (Wildman–Crippen MR) is 81.1 cm³/mol. The summed E-state index contributed by atoms with van der Waals surface area (Å²) in [6.45, 7) is 1.39. The zero-order chi connectivity index (χ0) is 16.2. The Labute approximate surface area is 134 Å². The van der Waals surface area contributed by atoms with Crippen molar-refractivity contribution in [2.24, 2.45) is 0 Å². The first-order valence-electron chi connectivity index (χ1n) is 8.08. The van der Waals surface area contributed by atoms with Crippen molar-refractivity contribution in [3.8, 4) is 0 Å². The molecule has 3 rings (SSSR count). The lowest BCUT2D eigenvalue weighted by molar-refractivity contribution is -0.137. The molecule has 7 heteroatoms. The summed E-state index contributed by atoms with van der Waals surface area (Å²) in [4.78, 5) is 34.0. The lowest BCUT2D eigenvalue weighted by Gasteiger charge is -2.33. The van der Waals surface area contributed by atoms with E-state index in [1.54, 1.807) is 17.2 Å². The summed E-state index contributed by atoms with van der Waals surface area (Å²) in [5.74, 6) is -0.0158. The third-order valence-corrected chi connectivity index (χ3v) is 4.29. The van der Waals surface area contributed by atoms with E-state index in [0.29, 0.717) is 24.8 Å². The fraction of sp³-hybridized carbons (Fsp3) is 0.625. The molecular weight excluding hydrogens is 298 g/mol. The summed E-state index contributed by atoms with van der Waals surface area (Å²) in [5, 5.41) is 8.95. The molecule has 0 aromatic carbocycles. The van der Waals surface area contributed by atoms with Crippen molar-refractivity contribution in [3.63, 3.8) is 0 Å². The lowest BCUT2D eigenvalue weighted by Crippen LogP contribution is -2.44. The molecule has 2 heterocycles. The van der Waals surface area contributed by atoms with Crippen LogP contribution in [-0.2, 0) is 9.53 Å². The molecule has 124 valence electrons. The molecule has 0 spiro atoms. The summed E-state index contributed by atoms with van der Waals surface area (Å²) in [5.41, 5.74) is 0.360. The maximum Gasteiger partial charge on any atom is 0.305 e. The van der Waals surface area contributed by atoms with Gasteiger partial charge in [-0.25, -0.2) is 9.97 Å². The van der Waals surface area contributed by atoms with Gasteiger partial charge < -0.3 is 14.7 Å². The average molecular weight is 319 g/mol. The molecule has 0 atom stereocenters. The van der Waals surface area contributed by atoms with Gasteiger partial charge in [-0.05, 0) is 31.7 Å². The molecular formula is C16H21N3O4. The van der Waals surface area contributed by atoms with Crippen molar-refractivity contribution in [3.05, 3.63) is 23.8 Å². The van der Waals surface area contributed by atoms with Gasteiger partial charge in [0.2, 0.25) is 0 Å². The van der Waals surface area contributed by atoms with E-state index in [4.69, 9.17) is 9.84 Å². The third-order valence-electron chi connectivity index (χ3n) is 4.29. The van der Waals surface area contributed by atoms with Crippen molar-refractivity contribution in [1.29, 1.82) is 0 Å².